The number of aromatic nitrogens is 1. The van der Waals surface area contributed by atoms with Crippen molar-refractivity contribution < 1.29 is 9.53 Å². The molecule has 0 bridgehead atoms. The summed E-state index contributed by atoms with van der Waals surface area (Å²) in [6.07, 6.45) is 3.17. The fraction of sp³-hybridized carbons (Fsp3) is 0.357. The highest BCUT2D eigenvalue weighted by Crippen LogP contribution is 2.14. The largest absolute Gasteiger partial charge is 0.385 e. The van der Waals surface area contributed by atoms with Crippen molar-refractivity contribution in [3.05, 3.63) is 36.0 Å². The van der Waals surface area contributed by atoms with Crippen molar-refractivity contribution >= 4 is 16.8 Å². The fourth-order valence-corrected chi connectivity index (χ4v) is 1.90. The summed E-state index contributed by atoms with van der Waals surface area (Å²) in [7, 11) is 1.66. The molecular formula is C14H18N2O2. The van der Waals surface area contributed by atoms with Gasteiger partial charge in [-0.25, -0.2) is 0 Å². The van der Waals surface area contributed by atoms with Crippen LogP contribution in [0.4, 0.5) is 0 Å². The first-order valence-corrected chi connectivity index (χ1v) is 6.11. The Morgan fingerprint density at radius 1 is 1.39 bits per heavy atom. The van der Waals surface area contributed by atoms with E-state index in [4.69, 9.17) is 4.74 Å². The number of benzene rings is 1. The minimum Gasteiger partial charge on any atom is -0.385 e. The molecule has 1 aromatic heterocycles. The molecule has 0 saturated heterocycles. The lowest BCUT2D eigenvalue weighted by molar-refractivity contribution is -0.120. The number of carbonyl (C=O) groups excluding carboxylic acids is 1. The maximum absolute atomic E-state index is 11.7. The number of fused-ring (bicyclic) bond motifs is 1. The molecule has 2 rings (SSSR count). The molecule has 0 radical (unpaired) electrons. The molecule has 0 aliphatic heterocycles. The van der Waals surface area contributed by atoms with E-state index in [2.05, 4.69) is 10.3 Å². The molecule has 0 atom stereocenters. The Kier molecular flexibility index (Phi) is 4.36. The van der Waals surface area contributed by atoms with Crippen LogP contribution in [0, 0.1) is 0 Å². The number of hydrogen-bond acceptors (Lipinski definition) is 2. The van der Waals surface area contributed by atoms with Crippen LogP contribution < -0.4 is 5.32 Å². The Morgan fingerprint density at radius 3 is 3.11 bits per heavy atom. The number of aromatic amines is 1. The van der Waals surface area contributed by atoms with E-state index in [-0.39, 0.29) is 5.91 Å². The van der Waals surface area contributed by atoms with Gasteiger partial charge in [0.05, 0.1) is 6.42 Å². The average molecular weight is 246 g/mol. The predicted molar refractivity (Wildman–Crippen MR) is 71.5 cm³/mol. The molecule has 0 spiro atoms. The van der Waals surface area contributed by atoms with Crippen LogP contribution in [0.15, 0.2) is 30.5 Å². The first kappa shape index (κ1) is 12.6. The highest BCUT2D eigenvalue weighted by Gasteiger charge is 2.04. The molecule has 18 heavy (non-hydrogen) atoms. The van der Waals surface area contributed by atoms with E-state index >= 15 is 0 Å². The van der Waals surface area contributed by atoms with Gasteiger partial charge in [0.1, 0.15) is 0 Å². The summed E-state index contributed by atoms with van der Waals surface area (Å²) in [5, 5.41) is 4.02. The molecule has 2 N–H and O–H groups in total. The van der Waals surface area contributed by atoms with E-state index in [0.717, 1.165) is 22.9 Å². The van der Waals surface area contributed by atoms with Gasteiger partial charge in [-0.05, 0) is 35.6 Å². The number of rotatable bonds is 6. The van der Waals surface area contributed by atoms with E-state index in [1.165, 1.54) is 0 Å². The van der Waals surface area contributed by atoms with E-state index in [9.17, 15) is 4.79 Å². The quantitative estimate of drug-likeness (QED) is 0.764. The highest BCUT2D eigenvalue weighted by atomic mass is 16.5. The Morgan fingerprint density at radius 2 is 2.28 bits per heavy atom. The van der Waals surface area contributed by atoms with Crippen LogP contribution in [0.25, 0.3) is 10.9 Å². The summed E-state index contributed by atoms with van der Waals surface area (Å²) in [5.41, 5.74) is 2.13. The molecule has 0 aliphatic carbocycles. The molecule has 0 fully saturated rings. The van der Waals surface area contributed by atoms with Gasteiger partial charge in [0.25, 0.3) is 0 Å². The molecule has 1 amide bonds. The summed E-state index contributed by atoms with van der Waals surface area (Å²) >= 11 is 0. The van der Waals surface area contributed by atoms with Crippen LogP contribution in [0.3, 0.4) is 0 Å². The number of methoxy groups -OCH3 is 1. The van der Waals surface area contributed by atoms with Gasteiger partial charge in [-0.15, -0.1) is 0 Å². The Labute approximate surface area is 106 Å². The second-order valence-corrected chi connectivity index (χ2v) is 4.27. The lowest BCUT2D eigenvalue weighted by Gasteiger charge is -2.05. The van der Waals surface area contributed by atoms with E-state index in [1.54, 1.807) is 7.11 Å². The monoisotopic (exact) mass is 246 g/mol. The second kappa shape index (κ2) is 6.21. The van der Waals surface area contributed by atoms with Crippen LogP contribution in [0.5, 0.6) is 0 Å². The highest BCUT2D eigenvalue weighted by molar-refractivity contribution is 5.83. The molecular weight excluding hydrogens is 228 g/mol. The zero-order valence-corrected chi connectivity index (χ0v) is 10.5. The molecule has 0 unspecified atom stereocenters. The maximum atomic E-state index is 11.7. The first-order valence-electron chi connectivity index (χ1n) is 6.11. The van der Waals surface area contributed by atoms with Crippen molar-refractivity contribution in [2.45, 2.75) is 12.8 Å². The minimum atomic E-state index is 0.0565. The van der Waals surface area contributed by atoms with Crippen molar-refractivity contribution in [2.24, 2.45) is 0 Å². The maximum Gasteiger partial charge on any atom is 0.224 e. The smallest absolute Gasteiger partial charge is 0.224 e. The topological polar surface area (TPSA) is 54.1 Å². The zero-order valence-electron chi connectivity index (χ0n) is 10.5. The van der Waals surface area contributed by atoms with Crippen LogP contribution in [0.1, 0.15) is 12.0 Å². The fourth-order valence-electron chi connectivity index (χ4n) is 1.90. The zero-order chi connectivity index (χ0) is 12.8. The van der Waals surface area contributed by atoms with Crippen molar-refractivity contribution in [3.8, 4) is 0 Å². The van der Waals surface area contributed by atoms with Gasteiger partial charge in [0.2, 0.25) is 5.91 Å². The van der Waals surface area contributed by atoms with Crippen molar-refractivity contribution in [3.63, 3.8) is 0 Å². The van der Waals surface area contributed by atoms with Crippen LogP contribution in [-0.2, 0) is 16.0 Å². The van der Waals surface area contributed by atoms with Gasteiger partial charge in [-0.2, -0.15) is 0 Å². The Balaban J connectivity index is 1.86. The third-order valence-corrected chi connectivity index (χ3v) is 2.83. The first-order chi connectivity index (χ1) is 8.79. The minimum absolute atomic E-state index is 0.0565. The van der Waals surface area contributed by atoms with Gasteiger partial charge in [0, 0.05) is 32.0 Å². The molecule has 96 valence electrons. The van der Waals surface area contributed by atoms with Gasteiger partial charge in [0.15, 0.2) is 0 Å². The average Bonchev–Trinajstić information content (AvgIpc) is 2.82. The van der Waals surface area contributed by atoms with E-state index in [0.29, 0.717) is 19.6 Å². The molecule has 0 saturated carbocycles. The molecule has 4 nitrogen and oxygen atoms in total. The van der Waals surface area contributed by atoms with Crippen molar-refractivity contribution in [1.82, 2.24) is 10.3 Å². The van der Waals surface area contributed by atoms with Gasteiger partial charge in [-0.3, -0.25) is 4.79 Å². The molecule has 1 aromatic carbocycles. The third kappa shape index (κ3) is 3.34. The number of ether oxygens (including phenoxy) is 1. The molecule has 1 heterocycles. The van der Waals surface area contributed by atoms with Crippen LogP contribution >= 0.6 is 0 Å². The number of hydrogen-bond donors (Lipinski definition) is 2. The summed E-state index contributed by atoms with van der Waals surface area (Å²) in [6, 6.07) is 8.03. The SMILES string of the molecule is COCCCNC(=O)Cc1ccc2[nH]ccc2c1. The Hall–Kier alpha value is -1.81. The van der Waals surface area contributed by atoms with Crippen LogP contribution in [0.2, 0.25) is 0 Å². The number of carbonyl (C=O) groups is 1. The Bertz CT molecular complexity index is 519. The second-order valence-electron chi connectivity index (χ2n) is 4.27. The van der Waals surface area contributed by atoms with Crippen LogP contribution in [-0.4, -0.2) is 31.2 Å². The summed E-state index contributed by atoms with van der Waals surface area (Å²) < 4.78 is 4.93. The van der Waals surface area contributed by atoms with E-state index in [1.807, 2.05) is 30.5 Å². The summed E-state index contributed by atoms with van der Waals surface area (Å²) in [5.74, 6) is 0.0565. The number of nitrogens with one attached hydrogen (secondary N) is 2. The lowest BCUT2D eigenvalue weighted by Crippen LogP contribution is -2.26. The predicted octanol–water partition coefficient (Wildman–Crippen LogP) is 1.86. The van der Waals surface area contributed by atoms with Crippen molar-refractivity contribution in [1.29, 1.82) is 0 Å². The van der Waals surface area contributed by atoms with Crippen molar-refractivity contribution in [2.75, 3.05) is 20.3 Å². The number of H-pyrrole nitrogens is 1. The molecule has 2 aromatic rings. The van der Waals surface area contributed by atoms with Gasteiger partial charge >= 0.3 is 0 Å². The molecule has 4 heteroatoms. The lowest BCUT2D eigenvalue weighted by atomic mass is 10.1. The normalized spacial score (nSPS) is 10.7. The summed E-state index contributed by atoms with van der Waals surface area (Å²) in [6.45, 7) is 1.34. The number of amides is 1. The summed E-state index contributed by atoms with van der Waals surface area (Å²) in [4.78, 5) is 14.8. The van der Waals surface area contributed by atoms with E-state index < -0.39 is 0 Å². The molecule has 0 aliphatic rings. The standard InChI is InChI=1S/C14H18N2O2/c1-18-8-2-6-16-14(17)10-11-3-4-13-12(9-11)5-7-15-13/h3-5,7,9,15H,2,6,8,10H2,1H3,(H,16,17). The van der Waals surface area contributed by atoms with Gasteiger partial charge < -0.3 is 15.0 Å². The van der Waals surface area contributed by atoms with Gasteiger partial charge in [-0.1, -0.05) is 6.07 Å². The third-order valence-electron chi connectivity index (χ3n) is 2.83.